The Morgan fingerprint density at radius 2 is 2.21 bits per heavy atom. The fourth-order valence-corrected chi connectivity index (χ4v) is 2.54. The van der Waals surface area contributed by atoms with Crippen LogP contribution >= 0.6 is 0 Å². The quantitative estimate of drug-likeness (QED) is 0.903. The molecule has 0 bridgehead atoms. The molecule has 2 aromatic heterocycles. The molecule has 0 aliphatic heterocycles. The van der Waals surface area contributed by atoms with Crippen molar-refractivity contribution in [3.63, 3.8) is 0 Å². The van der Waals surface area contributed by atoms with Crippen LogP contribution in [0.4, 0.5) is 13.2 Å². The number of carbonyl (C=O) groups is 1. The van der Waals surface area contributed by atoms with Gasteiger partial charge in [-0.15, -0.1) is 0 Å². The van der Waals surface area contributed by atoms with Crippen molar-refractivity contribution in [1.29, 1.82) is 0 Å². The summed E-state index contributed by atoms with van der Waals surface area (Å²) in [7, 11) is 2.00. The lowest BCUT2D eigenvalue weighted by Crippen LogP contribution is -2.41. The van der Waals surface area contributed by atoms with Crippen LogP contribution < -0.4 is 5.32 Å². The maximum Gasteiger partial charge on any atom is 0.433 e. The Morgan fingerprint density at radius 3 is 2.83 bits per heavy atom. The molecule has 6 nitrogen and oxygen atoms in total. The Hall–Kier alpha value is -2.16. The molecule has 24 heavy (non-hydrogen) atoms. The zero-order valence-electron chi connectivity index (χ0n) is 13.3. The first-order valence-corrected chi connectivity index (χ1v) is 7.69. The number of fused-ring (bicyclic) bond motifs is 1. The van der Waals surface area contributed by atoms with E-state index in [1.807, 2.05) is 14.0 Å². The highest BCUT2D eigenvalue weighted by Crippen LogP contribution is 2.29. The fraction of sp³-hybridized carbons (Fsp3) is 0.533. The minimum Gasteiger partial charge on any atom is -0.349 e. The van der Waals surface area contributed by atoms with Gasteiger partial charge < -0.3 is 5.32 Å². The van der Waals surface area contributed by atoms with Crippen molar-refractivity contribution in [3.8, 4) is 0 Å². The Morgan fingerprint density at radius 1 is 1.50 bits per heavy atom. The Bertz CT molecular complexity index is 753. The Kier molecular flexibility index (Phi) is 4.20. The molecular formula is C15H18F3N5O. The second-order valence-corrected chi connectivity index (χ2v) is 6.08. The number of alkyl halides is 3. The van der Waals surface area contributed by atoms with Gasteiger partial charge in [0.2, 0.25) is 0 Å². The summed E-state index contributed by atoms with van der Waals surface area (Å²) in [6.07, 6.45) is -1.20. The zero-order chi connectivity index (χ0) is 17.5. The Balaban J connectivity index is 1.73. The van der Waals surface area contributed by atoms with Crippen molar-refractivity contribution < 1.29 is 18.0 Å². The molecule has 1 saturated carbocycles. The maximum absolute atomic E-state index is 13.0. The standard InChI is InChI=1S/C15H18F3N5O/c1-9(22(2)10-3-4-10)8-20-14(24)11-7-13-19-6-5-12(15(16,17)18)23(13)21-11/h5-7,9-10H,3-4,8H2,1-2H3,(H,20,24)/t9-/m0/s1. The highest BCUT2D eigenvalue weighted by atomic mass is 19.4. The zero-order valence-corrected chi connectivity index (χ0v) is 13.3. The summed E-state index contributed by atoms with van der Waals surface area (Å²) < 4.78 is 39.5. The number of likely N-dealkylation sites (N-methyl/N-ethyl adjacent to an activating group) is 1. The van der Waals surface area contributed by atoms with Crippen LogP contribution in [0, 0.1) is 0 Å². The van der Waals surface area contributed by atoms with E-state index in [9.17, 15) is 18.0 Å². The van der Waals surface area contributed by atoms with E-state index < -0.39 is 17.8 Å². The monoisotopic (exact) mass is 341 g/mol. The molecule has 1 N–H and O–H groups in total. The summed E-state index contributed by atoms with van der Waals surface area (Å²) in [4.78, 5) is 18.2. The lowest BCUT2D eigenvalue weighted by molar-refractivity contribution is -0.142. The van der Waals surface area contributed by atoms with Gasteiger partial charge in [0, 0.05) is 30.9 Å². The van der Waals surface area contributed by atoms with Gasteiger partial charge in [-0.1, -0.05) is 0 Å². The lowest BCUT2D eigenvalue weighted by atomic mass is 10.3. The number of carbonyl (C=O) groups excluding carboxylic acids is 1. The van der Waals surface area contributed by atoms with E-state index in [1.54, 1.807) is 0 Å². The molecule has 0 radical (unpaired) electrons. The van der Waals surface area contributed by atoms with Crippen molar-refractivity contribution in [2.45, 2.75) is 38.0 Å². The molecular weight excluding hydrogens is 323 g/mol. The van der Waals surface area contributed by atoms with Gasteiger partial charge in [0.15, 0.2) is 11.3 Å². The lowest BCUT2D eigenvalue weighted by Gasteiger charge is -2.24. The normalized spacial score (nSPS) is 16.6. The van der Waals surface area contributed by atoms with Gasteiger partial charge in [-0.3, -0.25) is 9.69 Å². The summed E-state index contributed by atoms with van der Waals surface area (Å²) in [6, 6.07) is 2.78. The van der Waals surface area contributed by atoms with E-state index in [-0.39, 0.29) is 17.4 Å². The molecule has 1 atom stereocenters. The van der Waals surface area contributed by atoms with Gasteiger partial charge in [-0.25, -0.2) is 9.50 Å². The van der Waals surface area contributed by atoms with E-state index in [0.717, 1.165) is 25.1 Å². The van der Waals surface area contributed by atoms with Crippen LogP contribution in [0.15, 0.2) is 18.3 Å². The number of nitrogens with one attached hydrogen (secondary N) is 1. The van der Waals surface area contributed by atoms with Crippen molar-refractivity contribution in [3.05, 3.63) is 29.7 Å². The van der Waals surface area contributed by atoms with Crippen molar-refractivity contribution in [2.75, 3.05) is 13.6 Å². The van der Waals surface area contributed by atoms with Crippen molar-refractivity contribution in [1.82, 2.24) is 24.8 Å². The molecule has 1 aliphatic carbocycles. The van der Waals surface area contributed by atoms with Crippen LogP contribution in [0.1, 0.15) is 35.9 Å². The third-order valence-electron chi connectivity index (χ3n) is 4.26. The van der Waals surface area contributed by atoms with Crippen LogP contribution in [0.5, 0.6) is 0 Å². The summed E-state index contributed by atoms with van der Waals surface area (Å²) in [5.74, 6) is -0.510. The first-order chi connectivity index (χ1) is 11.3. The second-order valence-electron chi connectivity index (χ2n) is 6.08. The topological polar surface area (TPSA) is 62.5 Å². The van der Waals surface area contributed by atoms with Gasteiger partial charge in [0.1, 0.15) is 5.69 Å². The second kappa shape index (κ2) is 6.04. The van der Waals surface area contributed by atoms with E-state index in [1.165, 1.54) is 6.07 Å². The SMILES string of the molecule is C[C@@H](CNC(=O)c1cc2nccc(C(F)(F)F)n2n1)N(C)C1CC1. The molecule has 0 aromatic carbocycles. The first-order valence-electron chi connectivity index (χ1n) is 7.69. The number of aromatic nitrogens is 3. The fourth-order valence-electron chi connectivity index (χ4n) is 2.54. The number of halogens is 3. The molecule has 1 fully saturated rings. The average Bonchev–Trinajstić information content (AvgIpc) is 3.28. The minimum absolute atomic E-state index is 0.0156. The number of amides is 1. The van der Waals surface area contributed by atoms with Crippen molar-refractivity contribution >= 4 is 11.6 Å². The van der Waals surface area contributed by atoms with Gasteiger partial charge in [0.25, 0.3) is 5.91 Å². The van der Waals surface area contributed by atoms with E-state index in [2.05, 4.69) is 20.3 Å². The van der Waals surface area contributed by atoms with Crippen LogP contribution in [-0.4, -0.2) is 51.1 Å². The summed E-state index contributed by atoms with van der Waals surface area (Å²) in [5, 5.41) is 6.47. The molecule has 9 heteroatoms. The van der Waals surface area contributed by atoms with Crippen LogP contribution in [-0.2, 0) is 6.18 Å². The summed E-state index contributed by atoms with van der Waals surface area (Å²) in [5.41, 5.74) is -1.06. The molecule has 3 rings (SSSR count). The largest absolute Gasteiger partial charge is 0.433 e. The number of hydrogen-bond acceptors (Lipinski definition) is 4. The van der Waals surface area contributed by atoms with Crippen LogP contribution in [0.25, 0.3) is 5.65 Å². The van der Waals surface area contributed by atoms with E-state index in [4.69, 9.17) is 0 Å². The highest BCUT2D eigenvalue weighted by molar-refractivity contribution is 5.93. The number of rotatable bonds is 5. The van der Waals surface area contributed by atoms with E-state index in [0.29, 0.717) is 17.1 Å². The molecule has 1 aliphatic rings. The number of hydrogen-bond donors (Lipinski definition) is 1. The van der Waals surface area contributed by atoms with E-state index >= 15 is 0 Å². The molecule has 0 spiro atoms. The molecule has 1 amide bonds. The number of nitrogens with zero attached hydrogens (tertiary/aromatic N) is 4. The predicted octanol–water partition coefficient (Wildman–Crippen LogP) is 1.96. The van der Waals surface area contributed by atoms with Crippen molar-refractivity contribution in [2.24, 2.45) is 0 Å². The Labute approximate surface area is 136 Å². The molecule has 0 saturated heterocycles. The van der Waals surface area contributed by atoms with Crippen LogP contribution in [0.2, 0.25) is 0 Å². The highest BCUT2D eigenvalue weighted by Gasteiger charge is 2.34. The summed E-state index contributed by atoms with van der Waals surface area (Å²) in [6.45, 7) is 2.39. The van der Waals surface area contributed by atoms with Gasteiger partial charge >= 0.3 is 6.18 Å². The smallest absolute Gasteiger partial charge is 0.349 e. The molecule has 2 heterocycles. The molecule has 2 aromatic rings. The van der Waals surface area contributed by atoms with Crippen LogP contribution in [0.3, 0.4) is 0 Å². The predicted molar refractivity (Wildman–Crippen MR) is 80.6 cm³/mol. The first kappa shape index (κ1) is 16.7. The average molecular weight is 341 g/mol. The summed E-state index contributed by atoms with van der Waals surface area (Å²) >= 11 is 0. The van der Waals surface area contributed by atoms with Gasteiger partial charge in [0.05, 0.1) is 0 Å². The molecule has 130 valence electrons. The molecule has 0 unspecified atom stereocenters. The minimum atomic E-state index is -4.57. The third kappa shape index (κ3) is 3.35. The van der Waals surface area contributed by atoms with Gasteiger partial charge in [-0.2, -0.15) is 18.3 Å². The van der Waals surface area contributed by atoms with Gasteiger partial charge in [-0.05, 0) is 32.9 Å². The third-order valence-corrected chi connectivity index (χ3v) is 4.26. The maximum atomic E-state index is 13.0.